The maximum absolute atomic E-state index is 6.07. The number of furan rings is 1. The molecule has 0 bridgehead atoms. The van der Waals surface area contributed by atoms with E-state index < -0.39 is 0 Å². The normalized spacial score (nSPS) is 14.6. The molecule has 98 valence electrons. The van der Waals surface area contributed by atoms with Gasteiger partial charge in [0.25, 0.3) is 0 Å². The first-order valence-corrected chi connectivity index (χ1v) is 7.75. The van der Waals surface area contributed by atoms with E-state index in [2.05, 4.69) is 11.1 Å². The molecule has 0 amide bonds. The van der Waals surface area contributed by atoms with Crippen molar-refractivity contribution >= 4 is 33.3 Å². The summed E-state index contributed by atoms with van der Waals surface area (Å²) >= 11 is 3.36. The zero-order valence-corrected chi connectivity index (χ0v) is 12.1. The van der Waals surface area contributed by atoms with Gasteiger partial charge in [0.2, 0.25) is 0 Å². The molecule has 0 saturated heterocycles. The lowest BCUT2D eigenvalue weighted by atomic mass is 10.2. The summed E-state index contributed by atoms with van der Waals surface area (Å²) < 4.78 is 7.71. The van der Waals surface area contributed by atoms with Gasteiger partial charge >= 0.3 is 0 Å². The van der Waals surface area contributed by atoms with Gasteiger partial charge in [0.15, 0.2) is 4.34 Å². The number of thiazole rings is 1. The van der Waals surface area contributed by atoms with E-state index in [-0.39, 0.29) is 11.3 Å². The Morgan fingerprint density at radius 2 is 2.11 bits per heavy atom. The molecule has 1 aromatic carbocycles. The van der Waals surface area contributed by atoms with E-state index in [1.165, 1.54) is 4.70 Å². The fourth-order valence-electron chi connectivity index (χ4n) is 1.89. The molecule has 3 rings (SSSR count). The Balaban J connectivity index is 1.89. The van der Waals surface area contributed by atoms with Gasteiger partial charge in [-0.15, -0.1) is 11.3 Å². The maximum Gasteiger partial charge on any atom is 0.151 e. The molecule has 3 nitrogen and oxygen atoms in total. The number of para-hydroxylation sites is 1. The summed E-state index contributed by atoms with van der Waals surface area (Å²) in [5.74, 6) is 0.902. The van der Waals surface area contributed by atoms with Crippen molar-refractivity contribution in [2.24, 2.45) is 5.73 Å². The number of hydrogen-bond donors (Lipinski definition) is 1. The lowest BCUT2D eigenvalue weighted by Gasteiger charge is -2.16. The van der Waals surface area contributed by atoms with Crippen LogP contribution in [0.5, 0.6) is 0 Å². The molecule has 2 N–H and O–H groups in total. The molecule has 0 fully saturated rings. The highest BCUT2D eigenvalue weighted by molar-refractivity contribution is 8.01. The van der Waals surface area contributed by atoms with Crippen molar-refractivity contribution in [1.29, 1.82) is 0 Å². The van der Waals surface area contributed by atoms with E-state index in [9.17, 15) is 0 Å². The number of hydrogen-bond acceptors (Lipinski definition) is 5. The summed E-state index contributed by atoms with van der Waals surface area (Å²) in [6.45, 7) is 1.99. The fourth-order valence-corrected chi connectivity index (χ4v) is 4.19. The van der Waals surface area contributed by atoms with E-state index in [1.807, 2.05) is 37.3 Å². The van der Waals surface area contributed by atoms with Crippen LogP contribution in [0.3, 0.4) is 0 Å². The van der Waals surface area contributed by atoms with Gasteiger partial charge in [0.05, 0.1) is 21.7 Å². The molecule has 5 heteroatoms. The van der Waals surface area contributed by atoms with Crippen molar-refractivity contribution < 1.29 is 4.42 Å². The molecule has 0 spiro atoms. The first kappa shape index (κ1) is 12.7. The standard InChI is InChI=1S/C14H14N2OS2/c1-9(15)13(11-6-4-8-17-11)19-14-16-10-5-2-3-7-12(10)18-14/h2-9,13H,15H2,1H3. The van der Waals surface area contributed by atoms with Gasteiger partial charge in [-0.05, 0) is 31.2 Å². The van der Waals surface area contributed by atoms with Crippen LogP contribution in [0.25, 0.3) is 10.2 Å². The lowest BCUT2D eigenvalue weighted by Crippen LogP contribution is -2.22. The predicted octanol–water partition coefficient (Wildman–Crippen LogP) is 4.07. The van der Waals surface area contributed by atoms with Crippen molar-refractivity contribution in [3.05, 3.63) is 48.4 Å². The third-order valence-corrected chi connectivity index (χ3v) is 5.38. The Morgan fingerprint density at radius 1 is 1.26 bits per heavy atom. The second kappa shape index (κ2) is 5.36. The number of fused-ring (bicyclic) bond motifs is 1. The third-order valence-electron chi connectivity index (χ3n) is 2.80. The molecule has 2 heterocycles. The highest BCUT2D eigenvalue weighted by Gasteiger charge is 2.22. The van der Waals surface area contributed by atoms with Crippen molar-refractivity contribution in [1.82, 2.24) is 4.98 Å². The summed E-state index contributed by atoms with van der Waals surface area (Å²) in [4.78, 5) is 4.63. The van der Waals surface area contributed by atoms with Crippen LogP contribution < -0.4 is 5.73 Å². The molecule has 2 unspecified atom stereocenters. The minimum atomic E-state index is 0.00293. The predicted molar refractivity (Wildman–Crippen MR) is 80.6 cm³/mol. The van der Waals surface area contributed by atoms with Crippen LogP contribution in [-0.2, 0) is 0 Å². The highest BCUT2D eigenvalue weighted by Crippen LogP contribution is 2.40. The van der Waals surface area contributed by atoms with Crippen molar-refractivity contribution in [3.8, 4) is 0 Å². The van der Waals surface area contributed by atoms with Crippen LogP contribution in [0.4, 0.5) is 0 Å². The Hall–Kier alpha value is -1.30. The van der Waals surface area contributed by atoms with E-state index in [0.717, 1.165) is 15.6 Å². The van der Waals surface area contributed by atoms with E-state index in [1.54, 1.807) is 29.4 Å². The lowest BCUT2D eigenvalue weighted by molar-refractivity contribution is 0.487. The minimum absolute atomic E-state index is 0.00293. The van der Waals surface area contributed by atoms with Gasteiger partial charge in [0.1, 0.15) is 5.76 Å². The smallest absolute Gasteiger partial charge is 0.151 e. The average molecular weight is 290 g/mol. The van der Waals surface area contributed by atoms with Gasteiger partial charge in [-0.3, -0.25) is 0 Å². The summed E-state index contributed by atoms with van der Waals surface area (Å²) in [7, 11) is 0. The van der Waals surface area contributed by atoms with Gasteiger partial charge < -0.3 is 10.2 Å². The zero-order valence-electron chi connectivity index (χ0n) is 10.4. The second-order valence-electron chi connectivity index (χ2n) is 4.36. The van der Waals surface area contributed by atoms with Crippen molar-refractivity contribution in [3.63, 3.8) is 0 Å². The van der Waals surface area contributed by atoms with Crippen LogP contribution >= 0.6 is 23.1 Å². The van der Waals surface area contributed by atoms with Crippen molar-refractivity contribution in [2.75, 3.05) is 0 Å². The topological polar surface area (TPSA) is 52.0 Å². The molecule has 0 saturated carbocycles. The van der Waals surface area contributed by atoms with Gasteiger partial charge in [-0.25, -0.2) is 4.98 Å². The van der Waals surface area contributed by atoms with Crippen LogP contribution in [0, 0.1) is 0 Å². The number of nitrogens with zero attached hydrogens (tertiary/aromatic N) is 1. The second-order valence-corrected chi connectivity index (χ2v) is 6.78. The van der Waals surface area contributed by atoms with Crippen LogP contribution in [0.2, 0.25) is 0 Å². The maximum atomic E-state index is 6.07. The largest absolute Gasteiger partial charge is 0.468 e. The summed E-state index contributed by atoms with van der Waals surface area (Å²) in [5.41, 5.74) is 7.11. The Bertz CT molecular complexity index is 628. The molecule has 3 aromatic rings. The van der Waals surface area contributed by atoms with Gasteiger partial charge in [0, 0.05) is 6.04 Å². The number of benzene rings is 1. The first-order chi connectivity index (χ1) is 9.24. The zero-order chi connectivity index (χ0) is 13.2. The fraction of sp³-hybridized carbons (Fsp3) is 0.214. The third kappa shape index (κ3) is 2.68. The molecule has 2 aromatic heterocycles. The molecule has 0 aliphatic carbocycles. The summed E-state index contributed by atoms with van der Waals surface area (Å²) in [5, 5.41) is 0.0931. The number of aromatic nitrogens is 1. The van der Waals surface area contributed by atoms with E-state index in [4.69, 9.17) is 10.2 Å². The first-order valence-electron chi connectivity index (χ1n) is 6.05. The number of rotatable bonds is 4. The Kier molecular flexibility index (Phi) is 3.59. The van der Waals surface area contributed by atoms with Crippen LogP contribution in [0.15, 0.2) is 51.4 Å². The van der Waals surface area contributed by atoms with Crippen LogP contribution in [0.1, 0.15) is 17.9 Å². The van der Waals surface area contributed by atoms with Crippen molar-refractivity contribution in [2.45, 2.75) is 22.6 Å². The Morgan fingerprint density at radius 3 is 2.79 bits per heavy atom. The molecular weight excluding hydrogens is 276 g/mol. The quantitative estimate of drug-likeness (QED) is 0.736. The summed E-state index contributed by atoms with van der Waals surface area (Å²) in [6.07, 6.45) is 1.68. The monoisotopic (exact) mass is 290 g/mol. The Labute approximate surface area is 119 Å². The number of thioether (sulfide) groups is 1. The molecule has 2 atom stereocenters. The minimum Gasteiger partial charge on any atom is -0.468 e. The van der Waals surface area contributed by atoms with E-state index in [0.29, 0.717) is 0 Å². The van der Waals surface area contributed by atoms with E-state index >= 15 is 0 Å². The molecule has 0 aliphatic heterocycles. The average Bonchev–Trinajstić information content (AvgIpc) is 3.04. The molecule has 19 heavy (non-hydrogen) atoms. The highest BCUT2D eigenvalue weighted by atomic mass is 32.2. The molecule has 0 aliphatic rings. The molecular formula is C14H14N2OS2. The summed E-state index contributed by atoms with van der Waals surface area (Å²) in [6, 6.07) is 12.0. The number of nitrogens with two attached hydrogens (primary N) is 1. The molecule has 0 radical (unpaired) electrons. The van der Waals surface area contributed by atoms with Crippen LogP contribution in [-0.4, -0.2) is 11.0 Å². The van der Waals surface area contributed by atoms with Gasteiger partial charge in [-0.2, -0.15) is 0 Å². The SMILES string of the molecule is CC(N)C(Sc1nc2ccccc2s1)c1ccco1. The van der Waals surface area contributed by atoms with Gasteiger partial charge in [-0.1, -0.05) is 23.9 Å².